The van der Waals surface area contributed by atoms with Gasteiger partial charge in [0.15, 0.2) is 0 Å². The summed E-state index contributed by atoms with van der Waals surface area (Å²) in [6.45, 7) is 5.06. The number of carbonyl (C=O) groups excluding carboxylic acids is 1. The summed E-state index contributed by atoms with van der Waals surface area (Å²) in [6, 6.07) is 0.190. The Morgan fingerprint density at radius 3 is 2.50 bits per heavy atom. The lowest BCUT2D eigenvalue weighted by atomic mass is 10.2. The van der Waals surface area contributed by atoms with Crippen molar-refractivity contribution in [3.05, 3.63) is 0 Å². The van der Waals surface area contributed by atoms with Gasteiger partial charge in [-0.05, 0) is 13.3 Å². The van der Waals surface area contributed by atoms with Gasteiger partial charge in [0.25, 0.3) is 0 Å². The summed E-state index contributed by atoms with van der Waals surface area (Å²) in [5.74, 6) is -0.0396. The molecule has 1 heterocycles. The van der Waals surface area contributed by atoms with Gasteiger partial charge < -0.3 is 15.5 Å². The van der Waals surface area contributed by atoms with E-state index in [-0.39, 0.29) is 18.5 Å². The molecule has 1 rings (SSSR count). The van der Waals surface area contributed by atoms with Gasteiger partial charge in [-0.1, -0.05) is 13.3 Å². The molecule has 1 amide bonds. The van der Waals surface area contributed by atoms with Crippen molar-refractivity contribution in [2.24, 2.45) is 0 Å². The maximum atomic E-state index is 11.6. The molecule has 94 valence electrons. The van der Waals surface area contributed by atoms with E-state index in [0.717, 1.165) is 12.8 Å². The molecule has 1 saturated heterocycles. The molecular weight excluding hydrogens is 208 g/mol. The molecule has 3 N–H and O–H groups in total. The predicted octanol–water partition coefficient (Wildman–Crippen LogP) is -0.671. The molecule has 0 aliphatic carbocycles. The second-order valence-corrected chi connectivity index (χ2v) is 4.59. The molecule has 3 atom stereocenters. The van der Waals surface area contributed by atoms with E-state index in [1.165, 1.54) is 0 Å². The fraction of sp³-hybridized carbons (Fsp3) is 0.909. The SMILES string of the molecule is CCCC(C)NC(=O)CN1C[C@@H](O)[C@@H](O)C1. The molecule has 0 radical (unpaired) electrons. The molecule has 0 aromatic carbocycles. The standard InChI is InChI=1S/C11H22N2O3/c1-3-4-8(2)12-11(16)7-13-5-9(14)10(15)6-13/h8-10,14-15H,3-7H2,1-2H3,(H,12,16)/t8?,9-,10+. The average molecular weight is 230 g/mol. The molecule has 16 heavy (non-hydrogen) atoms. The first kappa shape index (κ1) is 13.4. The zero-order chi connectivity index (χ0) is 12.1. The van der Waals surface area contributed by atoms with E-state index in [1.54, 1.807) is 4.90 Å². The number of carbonyl (C=O) groups is 1. The molecule has 1 aliphatic rings. The van der Waals surface area contributed by atoms with Crippen LogP contribution in [-0.2, 0) is 4.79 Å². The fourth-order valence-electron chi connectivity index (χ4n) is 2.00. The van der Waals surface area contributed by atoms with Gasteiger partial charge in [0, 0.05) is 19.1 Å². The van der Waals surface area contributed by atoms with Crippen molar-refractivity contribution in [3.63, 3.8) is 0 Å². The van der Waals surface area contributed by atoms with E-state index in [4.69, 9.17) is 0 Å². The van der Waals surface area contributed by atoms with Gasteiger partial charge in [-0.15, -0.1) is 0 Å². The number of nitrogens with one attached hydrogen (secondary N) is 1. The Morgan fingerprint density at radius 2 is 2.00 bits per heavy atom. The Hall–Kier alpha value is -0.650. The second kappa shape index (κ2) is 6.18. The van der Waals surface area contributed by atoms with Crippen LogP contribution in [-0.4, -0.2) is 58.9 Å². The Balaban J connectivity index is 2.24. The smallest absolute Gasteiger partial charge is 0.234 e. The summed E-state index contributed by atoms with van der Waals surface area (Å²) in [5.41, 5.74) is 0. The zero-order valence-electron chi connectivity index (χ0n) is 10.0. The summed E-state index contributed by atoms with van der Waals surface area (Å²) in [4.78, 5) is 13.3. The van der Waals surface area contributed by atoms with Crippen LogP contribution in [0.4, 0.5) is 0 Å². The number of nitrogens with zero attached hydrogens (tertiary/aromatic N) is 1. The lowest BCUT2D eigenvalue weighted by Crippen LogP contribution is -2.40. The van der Waals surface area contributed by atoms with Crippen molar-refractivity contribution < 1.29 is 15.0 Å². The van der Waals surface area contributed by atoms with Gasteiger partial charge in [0.05, 0.1) is 18.8 Å². The summed E-state index contributed by atoms with van der Waals surface area (Å²) in [7, 11) is 0. The molecule has 0 aromatic rings. The van der Waals surface area contributed by atoms with E-state index < -0.39 is 12.2 Å². The fourth-order valence-corrected chi connectivity index (χ4v) is 2.00. The van der Waals surface area contributed by atoms with Crippen LogP contribution >= 0.6 is 0 Å². The van der Waals surface area contributed by atoms with Crippen molar-refractivity contribution >= 4 is 5.91 Å². The summed E-state index contributed by atoms with van der Waals surface area (Å²) < 4.78 is 0. The first-order chi connectivity index (χ1) is 7.52. The Kier molecular flexibility index (Phi) is 5.18. The molecule has 5 heteroatoms. The molecule has 0 bridgehead atoms. The first-order valence-corrected chi connectivity index (χ1v) is 5.90. The third kappa shape index (κ3) is 4.08. The van der Waals surface area contributed by atoms with Crippen LogP contribution in [0.15, 0.2) is 0 Å². The number of likely N-dealkylation sites (tertiary alicyclic amines) is 1. The average Bonchev–Trinajstić information content (AvgIpc) is 2.45. The number of rotatable bonds is 5. The van der Waals surface area contributed by atoms with Crippen LogP contribution in [0.2, 0.25) is 0 Å². The topological polar surface area (TPSA) is 72.8 Å². The van der Waals surface area contributed by atoms with Crippen molar-refractivity contribution in [2.45, 2.75) is 44.9 Å². The largest absolute Gasteiger partial charge is 0.389 e. The van der Waals surface area contributed by atoms with Crippen LogP contribution in [0.1, 0.15) is 26.7 Å². The highest BCUT2D eigenvalue weighted by Gasteiger charge is 2.30. The minimum atomic E-state index is -0.721. The third-order valence-electron chi connectivity index (χ3n) is 2.83. The quantitative estimate of drug-likeness (QED) is 0.585. The number of aliphatic hydroxyl groups is 2. The Labute approximate surface area is 96.4 Å². The van der Waals surface area contributed by atoms with Gasteiger partial charge >= 0.3 is 0 Å². The number of hydrogen-bond acceptors (Lipinski definition) is 4. The molecule has 0 saturated carbocycles. The van der Waals surface area contributed by atoms with E-state index in [0.29, 0.717) is 13.1 Å². The van der Waals surface area contributed by atoms with Gasteiger partial charge in [0.1, 0.15) is 0 Å². The maximum absolute atomic E-state index is 11.6. The number of hydrogen-bond donors (Lipinski definition) is 3. The number of amides is 1. The molecule has 1 fully saturated rings. The highest BCUT2D eigenvalue weighted by atomic mass is 16.3. The van der Waals surface area contributed by atoms with E-state index in [1.807, 2.05) is 6.92 Å². The van der Waals surface area contributed by atoms with E-state index in [9.17, 15) is 15.0 Å². The molecule has 0 aromatic heterocycles. The minimum Gasteiger partial charge on any atom is -0.389 e. The molecular formula is C11H22N2O3. The monoisotopic (exact) mass is 230 g/mol. The normalized spacial score (nSPS) is 28.0. The van der Waals surface area contributed by atoms with Crippen molar-refractivity contribution in [1.82, 2.24) is 10.2 Å². The zero-order valence-corrected chi connectivity index (χ0v) is 10.0. The Bertz CT molecular complexity index is 225. The summed E-state index contributed by atoms with van der Waals surface area (Å²) in [6.07, 6.45) is 0.571. The predicted molar refractivity (Wildman–Crippen MR) is 61.0 cm³/mol. The highest BCUT2D eigenvalue weighted by Crippen LogP contribution is 2.09. The molecule has 1 aliphatic heterocycles. The van der Waals surface area contributed by atoms with Crippen molar-refractivity contribution in [1.29, 1.82) is 0 Å². The summed E-state index contributed by atoms with van der Waals surface area (Å²) in [5, 5.41) is 21.5. The Morgan fingerprint density at radius 1 is 1.44 bits per heavy atom. The minimum absolute atomic E-state index is 0.0396. The maximum Gasteiger partial charge on any atom is 0.234 e. The first-order valence-electron chi connectivity index (χ1n) is 5.90. The second-order valence-electron chi connectivity index (χ2n) is 4.59. The van der Waals surface area contributed by atoms with Crippen LogP contribution in [0.5, 0.6) is 0 Å². The number of β-amino-alcohol motifs (C(OH)–C–C–N with tert-alkyl or cyclic N) is 2. The van der Waals surface area contributed by atoms with Gasteiger partial charge in [-0.2, -0.15) is 0 Å². The lowest BCUT2D eigenvalue weighted by molar-refractivity contribution is -0.122. The van der Waals surface area contributed by atoms with Crippen LogP contribution in [0.3, 0.4) is 0 Å². The third-order valence-corrected chi connectivity index (χ3v) is 2.83. The highest BCUT2D eigenvalue weighted by molar-refractivity contribution is 5.78. The van der Waals surface area contributed by atoms with Crippen LogP contribution in [0.25, 0.3) is 0 Å². The molecule has 0 spiro atoms. The van der Waals surface area contributed by atoms with Gasteiger partial charge in [-0.3, -0.25) is 9.69 Å². The van der Waals surface area contributed by atoms with Crippen LogP contribution < -0.4 is 5.32 Å². The van der Waals surface area contributed by atoms with E-state index >= 15 is 0 Å². The summed E-state index contributed by atoms with van der Waals surface area (Å²) >= 11 is 0. The lowest BCUT2D eigenvalue weighted by Gasteiger charge is -2.17. The van der Waals surface area contributed by atoms with E-state index in [2.05, 4.69) is 12.2 Å². The molecule has 5 nitrogen and oxygen atoms in total. The van der Waals surface area contributed by atoms with Gasteiger partial charge in [-0.25, -0.2) is 0 Å². The van der Waals surface area contributed by atoms with Crippen molar-refractivity contribution in [2.75, 3.05) is 19.6 Å². The molecule has 1 unspecified atom stereocenters. The van der Waals surface area contributed by atoms with Crippen molar-refractivity contribution in [3.8, 4) is 0 Å². The van der Waals surface area contributed by atoms with Crippen LogP contribution in [0, 0.1) is 0 Å². The van der Waals surface area contributed by atoms with Gasteiger partial charge in [0.2, 0.25) is 5.91 Å². The number of aliphatic hydroxyl groups excluding tert-OH is 2.